The van der Waals surface area contributed by atoms with Gasteiger partial charge in [-0.25, -0.2) is 0 Å². The average molecular weight is 259 g/mol. The summed E-state index contributed by atoms with van der Waals surface area (Å²) in [4.78, 5) is 11.5. The zero-order valence-corrected chi connectivity index (χ0v) is 9.80. The van der Waals surface area contributed by atoms with Crippen LogP contribution in [0, 0.1) is 6.92 Å². The molecule has 0 fully saturated rings. The molecular formula is C8H7ClN4O2S. The Morgan fingerprint density at radius 1 is 1.62 bits per heavy atom. The minimum absolute atomic E-state index is 0.223. The van der Waals surface area contributed by atoms with E-state index < -0.39 is 0 Å². The van der Waals surface area contributed by atoms with Crippen molar-refractivity contribution >= 4 is 28.8 Å². The number of carbonyl (C=O) groups is 1. The van der Waals surface area contributed by atoms with Gasteiger partial charge in [0.05, 0.1) is 12.2 Å². The summed E-state index contributed by atoms with van der Waals surface area (Å²) >= 11 is 6.58. The van der Waals surface area contributed by atoms with Crippen LogP contribution in [0.25, 0.3) is 0 Å². The van der Waals surface area contributed by atoms with E-state index in [0.717, 1.165) is 17.0 Å². The van der Waals surface area contributed by atoms with E-state index >= 15 is 0 Å². The van der Waals surface area contributed by atoms with Gasteiger partial charge >= 0.3 is 0 Å². The summed E-state index contributed by atoms with van der Waals surface area (Å²) in [6, 6.07) is 1.74. The second kappa shape index (κ2) is 4.58. The van der Waals surface area contributed by atoms with Crippen LogP contribution in [0.1, 0.15) is 21.3 Å². The molecule has 2 heterocycles. The number of nitrogens with zero attached hydrogens (tertiary/aromatic N) is 3. The van der Waals surface area contributed by atoms with Crippen molar-refractivity contribution in [3.8, 4) is 0 Å². The van der Waals surface area contributed by atoms with Crippen molar-refractivity contribution in [3.05, 3.63) is 27.0 Å². The van der Waals surface area contributed by atoms with Crippen LogP contribution in [-0.4, -0.2) is 21.3 Å². The summed E-state index contributed by atoms with van der Waals surface area (Å²) < 4.78 is 5.17. The highest BCUT2D eigenvalue weighted by Crippen LogP contribution is 2.14. The van der Waals surface area contributed by atoms with Crippen molar-refractivity contribution in [3.63, 3.8) is 0 Å². The molecular weight excluding hydrogens is 252 g/mol. The topological polar surface area (TPSA) is 80.9 Å². The van der Waals surface area contributed by atoms with E-state index in [1.807, 2.05) is 0 Å². The van der Waals surface area contributed by atoms with Gasteiger partial charge in [-0.15, -0.1) is 10.2 Å². The minimum atomic E-state index is -0.335. The van der Waals surface area contributed by atoms with Crippen LogP contribution < -0.4 is 5.32 Å². The van der Waals surface area contributed by atoms with E-state index in [1.54, 1.807) is 13.0 Å². The third kappa shape index (κ3) is 2.56. The summed E-state index contributed by atoms with van der Waals surface area (Å²) in [5.74, 6) is 0.250. The fourth-order valence-corrected chi connectivity index (χ4v) is 1.78. The second-order valence-electron chi connectivity index (χ2n) is 2.98. The maximum absolute atomic E-state index is 11.5. The van der Waals surface area contributed by atoms with Crippen molar-refractivity contribution in [2.45, 2.75) is 13.5 Å². The van der Waals surface area contributed by atoms with Crippen molar-refractivity contribution in [1.29, 1.82) is 0 Å². The van der Waals surface area contributed by atoms with Crippen LogP contribution in [0.3, 0.4) is 0 Å². The lowest BCUT2D eigenvalue weighted by Gasteiger charge is -1.97. The lowest BCUT2D eigenvalue weighted by atomic mass is 10.4. The number of aromatic nitrogens is 3. The van der Waals surface area contributed by atoms with E-state index in [2.05, 4.69) is 20.7 Å². The lowest BCUT2D eigenvalue weighted by Crippen LogP contribution is -2.22. The van der Waals surface area contributed by atoms with Gasteiger partial charge in [0.2, 0.25) is 9.47 Å². The molecule has 0 aliphatic carbocycles. The molecule has 2 aromatic heterocycles. The normalized spacial score (nSPS) is 10.4. The number of rotatable bonds is 3. The third-order valence-electron chi connectivity index (χ3n) is 1.69. The Hall–Kier alpha value is -1.47. The number of hydrogen-bond donors (Lipinski definition) is 1. The van der Waals surface area contributed by atoms with Gasteiger partial charge in [-0.2, -0.15) is 0 Å². The molecule has 0 aliphatic rings. The first-order valence-electron chi connectivity index (χ1n) is 4.34. The van der Waals surface area contributed by atoms with E-state index in [0.29, 0.717) is 5.76 Å². The smallest absolute Gasteiger partial charge is 0.282 e. The maximum Gasteiger partial charge on any atom is 0.282 e. The van der Waals surface area contributed by atoms with Crippen LogP contribution in [0.2, 0.25) is 4.47 Å². The molecule has 0 aromatic carbocycles. The van der Waals surface area contributed by atoms with Gasteiger partial charge in [0.15, 0.2) is 5.76 Å². The average Bonchev–Trinajstić information content (AvgIpc) is 2.84. The van der Waals surface area contributed by atoms with Crippen molar-refractivity contribution in [1.82, 2.24) is 20.7 Å². The Labute approximate surface area is 99.6 Å². The number of amides is 1. The molecule has 8 heteroatoms. The molecule has 0 radical (unpaired) electrons. The van der Waals surface area contributed by atoms with Crippen LogP contribution >= 0.6 is 22.9 Å². The molecule has 0 aliphatic heterocycles. The summed E-state index contributed by atoms with van der Waals surface area (Å²) in [6.45, 7) is 2.07. The van der Waals surface area contributed by atoms with Crippen LogP contribution in [-0.2, 0) is 6.54 Å². The standard InChI is InChI=1S/C8H7ClN4O2S/c1-4-2-5(15-13-4)3-10-6(14)7-11-12-8(9)16-7/h2H,3H2,1H3,(H,10,14). The van der Waals surface area contributed by atoms with Crippen molar-refractivity contribution in [2.24, 2.45) is 0 Å². The van der Waals surface area contributed by atoms with Crippen LogP contribution in [0.15, 0.2) is 10.6 Å². The largest absolute Gasteiger partial charge is 0.359 e. The van der Waals surface area contributed by atoms with Gasteiger partial charge < -0.3 is 9.84 Å². The molecule has 16 heavy (non-hydrogen) atoms. The Morgan fingerprint density at radius 2 is 2.44 bits per heavy atom. The monoisotopic (exact) mass is 258 g/mol. The van der Waals surface area contributed by atoms with E-state index in [-0.39, 0.29) is 21.9 Å². The molecule has 0 unspecified atom stereocenters. The predicted octanol–water partition coefficient (Wildman–Crippen LogP) is 1.42. The van der Waals surface area contributed by atoms with Gasteiger partial charge in [0.25, 0.3) is 5.91 Å². The molecule has 1 N–H and O–H groups in total. The van der Waals surface area contributed by atoms with Crippen molar-refractivity contribution < 1.29 is 9.32 Å². The molecule has 6 nitrogen and oxygen atoms in total. The minimum Gasteiger partial charge on any atom is -0.359 e. The van der Waals surface area contributed by atoms with Crippen LogP contribution in [0.4, 0.5) is 0 Å². The molecule has 0 bridgehead atoms. The molecule has 0 saturated heterocycles. The number of nitrogens with one attached hydrogen (secondary N) is 1. The van der Waals surface area contributed by atoms with E-state index in [9.17, 15) is 4.79 Å². The Bertz CT molecular complexity index is 510. The number of hydrogen-bond acceptors (Lipinski definition) is 6. The van der Waals surface area contributed by atoms with Gasteiger partial charge in [0.1, 0.15) is 0 Å². The fourth-order valence-electron chi connectivity index (χ4n) is 1.04. The van der Waals surface area contributed by atoms with Crippen molar-refractivity contribution in [2.75, 3.05) is 0 Å². The number of aryl methyl sites for hydroxylation is 1. The zero-order chi connectivity index (χ0) is 11.5. The highest BCUT2D eigenvalue weighted by atomic mass is 35.5. The molecule has 2 rings (SSSR count). The Balaban J connectivity index is 1.93. The first kappa shape index (κ1) is 11.0. The lowest BCUT2D eigenvalue weighted by molar-refractivity contribution is 0.0946. The summed E-state index contributed by atoms with van der Waals surface area (Å²) in [6.07, 6.45) is 0. The molecule has 2 aromatic rings. The fraction of sp³-hybridized carbons (Fsp3) is 0.250. The van der Waals surface area contributed by atoms with E-state index in [4.69, 9.17) is 16.1 Å². The molecule has 84 valence electrons. The first-order chi connectivity index (χ1) is 7.65. The summed E-state index contributed by atoms with van der Waals surface area (Å²) in [5.41, 5.74) is 0.767. The molecule has 0 saturated carbocycles. The quantitative estimate of drug-likeness (QED) is 0.900. The van der Waals surface area contributed by atoms with Crippen LogP contribution in [0.5, 0.6) is 0 Å². The van der Waals surface area contributed by atoms with Gasteiger partial charge in [-0.05, 0) is 18.5 Å². The molecule has 0 spiro atoms. The van der Waals surface area contributed by atoms with Gasteiger partial charge in [0, 0.05) is 6.07 Å². The second-order valence-corrected chi connectivity index (χ2v) is 4.54. The Kier molecular flexibility index (Phi) is 3.16. The third-order valence-corrected chi connectivity index (χ3v) is 2.71. The van der Waals surface area contributed by atoms with Gasteiger partial charge in [-0.3, -0.25) is 4.79 Å². The zero-order valence-electron chi connectivity index (χ0n) is 8.23. The number of carbonyl (C=O) groups excluding carboxylic acids is 1. The highest BCUT2D eigenvalue weighted by Gasteiger charge is 2.12. The van der Waals surface area contributed by atoms with E-state index in [1.165, 1.54) is 0 Å². The van der Waals surface area contributed by atoms with Gasteiger partial charge in [-0.1, -0.05) is 16.5 Å². The molecule has 0 atom stereocenters. The first-order valence-corrected chi connectivity index (χ1v) is 5.54. The highest BCUT2D eigenvalue weighted by molar-refractivity contribution is 7.17. The summed E-state index contributed by atoms with van der Waals surface area (Å²) in [5, 5.41) is 13.7. The summed E-state index contributed by atoms with van der Waals surface area (Å²) in [7, 11) is 0. The maximum atomic E-state index is 11.5. The number of halogens is 1. The predicted molar refractivity (Wildman–Crippen MR) is 57.3 cm³/mol. The Morgan fingerprint density at radius 3 is 3.00 bits per heavy atom. The SMILES string of the molecule is Cc1cc(CNC(=O)c2nnc(Cl)s2)on1. The molecule has 1 amide bonds.